The third-order valence-electron chi connectivity index (χ3n) is 4.82. The molecule has 3 aliphatic rings. The topological polar surface area (TPSA) is 9.72 Å². The van der Waals surface area contributed by atoms with Gasteiger partial charge in [0.1, 0.15) is 0 Å². The van der Waals surface area contributed by atoms with Crippen LogP contribution in [0.4, 0.5) is 0 Å². The molecule has 3 rings (SSSR count). The van der Waals surface area contributed by atoms with Crippen LogP contribution in [0.25, 0.3) is 0 Å². The summed E-state index contributed by atoms with van der Waals surface area (Å²) in [5, 5.41) is 8.06. The largest absolute Gasteiger partial charge is 0.223 e. The van der Waals surface area contributed by atoms with Gasteiger partial charge in [0, 0.05) is 30.7 Å². The van der Waals surface area contributed by atoms with Crippen LogP contribution in [-0.2, 0) is 0 Å². The van der Waals surface area contributed by atoms with Crippen molar-refractivity contribution in [3.05, 3.63) is 0 Å². The Morgan fingerprint density at radius 1 is 0.722 bits per heavy atom. The van der Waals surface area contributed by atoms with Crippen LogP contribution < -0.4 is 0 Å². The second-order valence-corrected chi connectivity index (χ2v) is 7.27. The van der Waals surface area contributed by atoms with Gasteiger partial charge >= 0.3 is 0 Å². The van der Waals surface area contributed by atoms with E-state index in [1.165, 1.54) is 58.0 Å². The van der Waals surface area contributed by atoms with Crippen molar-refractivity contribution in [3.8, 4) is 0 Å². The molecule has 104 valence electrons. The van der Waals surface area contributed by atoms with Crippen LogP contribution >= 0.6 is 0 Å². The Balaban J connectivity index is 1.90. The van der Waals surface area contributed by atoms with Gasteiger partial charge in [-0.05, 0) is 46.5 Å². The van der Waals surface area contributed by atoms with Crippen molar-refractivity contribution in [1.29, 1.82) is 0 Å². The van der Waals surface area contributed by atoms with Crippen molar-refractivity contribution in [2.45, 2.75) is 83.3 Å². The molecule has 0 aromatic heterocycles. The summed E-state index contributed by atoms with van der Waals surface area (Å²) < 4.78 is 0. The van der Waals surface area contributed by atoms with E-state index in [2.05, 4.69) is 35.9 Å². The van der Waals surface area contributed by atoms with Crippen LogP contribution in [0.3, 0.4) is 0 Å². The SMILES string of the molecule is CC(C)(C)N1N2CCCCCC2C2CCCCN21. The molecule has 0 saturated carbocycles. The van der Waals surface area contributed by atoms with Crippen LogP contribution in [0.1, 0.15) is 65.7 Å². The second-order valence-electron chi connectivity index (χ2n) is 7.27. The van der Waals surface area contributed by atoms with Gasteiger partial charge in [0.05, 0.1) is 0 Å². The number of hydrogen-bond acceptors (Lipinski definition) is 3. The van der Waals surface area contributed by atoms with Crippen LogP contribution in [0.15, 0.2) is 0 Å². The predicted molar refractivity (Wildman–Crippen MR) is 74.9 cm³/mol. The first kappa shape index (κ1) is 12.9. The van der Waals surface area contributed by atoms with E-state index in [-0.39, 0.29) is 5.54 Å². The molecule has 2 unspecified atom stereocenters. The van der Waals surface area contributed by atoms with Crippen molar-refractivity contribution in [1.82, 2.24) is 15.1 Å². The molecule has 0 bridgehead atoms. The van der Waals surface area contributed by atoms with Crippen molar-refractivity contribution >= 4 is 0 Å². The van der Waals surface area contributed by atoms with E-state index in [1.807, 2.05) is 0 Å². The maximum Gasteiger partial charge on any atom is 0.0430 e. The van der Waals surface area contributed by atoms with Gasteiger partial charge < -0.3 is 0 Å². The number of nitrogens with zero attached hydrogens (tertiary/aromatic N) is 3. The molecule has 3 heteroatoms. The molecule has 3 fully saturated rings. The Hall–Kier alpha value is -0.120. The maximum absolute atomic E-state index is 2.73. The van der Waals surface area contributed by atoms with Crippen molar-refractivity contribution in [2.24, 2.45) is 0 Å². The third kappa shape index (κ3) is 2.10. The molecule has 3 nitrogen and oxygen atoms in total. The fourth-order valence-electron chi connectivity index (χ4n) is 4.23. The fraction of sp³-hybridized carbons (Fsp3) is 1.00. The zero-order chi connectivity index (χ0) is 12.8. The molecule has 18 heavy (non-hydrogen) atoms. The summed E-state index contributed by atoms with van der Waals surface area (Å²) in [5.74, 6) is 0. The summed E-state index contributed by atoms with van der Waals surface area (Å²) in [6, 6.07) is 1.60. The number of piperidine rings is 1. The first-order chi connectivity index (χ1) is 8.59. The molecular formula is C15H29N3. The van der Waals surface area contributed by atoms with E-state index in [0.717, 1.165) is 12.1 Å². The van der Waals surface area contributed by atoms with Gasteiger partial charge in [0.25, 0.3) is 0 Å². The van der Waals surface area contributed by atoms with Gasteiger partial charge in [-0.3, -0.25) is 0 Å². The van der Waals surface area contributed by atoms with E-state index in [1.54, 1.807) is 0 Å². The second kappa shape index (κ2) is 4.77. The molecule has 0 N–H and O–H groups in total. The number of fused-ring (bicyclic) bond motifs is 3. The molecule has 0 aromatic rings. The third-order valence-corrected chi connectivity index (χ3v) is 4.82. The van der Waals surface area contributed by atoms with E-state index < -0.39 is 0 Å². The average molecular weight is 251 g/mol. The quantitative estimate of drug-likeness (QED) is 0.655. The Morgan fingerprint density at radius 3 is 1.78 bits per heavy atom. The summed E-state index contributed by atoms with van der Waals surface area (Å²) >= 11 is 0. The molecule has 0 aliphatic carbocycles. The molecular weight excluding hydrogens is 222 g/mol. The highest BCUT2D eigenvalue weighted by molar-refractivity contribution is 4.96. The predicted octanol–water partition coefficient (Wildman–Crippen LogP) is 3.03. The van der Waals surface area contributed by atoms with Gasteiger partial charge in [0.2, 0.25) is 0 Å². The number of rotatable bonds is 0. The van der Waals surface area contributed by atoms with Crippen LogP contribution in [0.5, 0.6) is 0 Å². The lowest BCUT2D eigenvalue weighted by Crippen LogP contribution is -2.57. The zero-order valence-corrected chi connectivity index (χ0v) is 12.4. The van der Waals surface area contributed by atoms with Crippen molar-refractivity contribution in [3.63, 3.8) is 0 Å². The first-order valence-electron chi connectivity index (χ1n) is 7.92. The van der Waals surface area contributed by atoms with Gasteiger partial charge in [-0.25, -0.2) is 10.0 Å². The normalized spacial score (nSPS) is 36.2. The summed E-state index contributed by atoms with van der Waals surface area (Å²) in [4.78, 5) is 0. The smallest absolute Gasteiger partial charge is 0.0430 e. The highest BCUT2D eigenvalue weighted by Crippen LogP contribution is 2.40. The van der Waals surface area contributed by atoms with Gasteiger partial charge in [0.15, 0.2) is 0 Å². The van der Waals surface area contributed by atoms with Crippen LogP contribution in [-0.4, -0.2) is 45.8 Å². The summed E-state index contributed by atoms with van der Waals surface area (Å²) in [6.07, 6.45) is 9.87. The summed E-state index contributed by atoms with van der Waals surface area (Å²) in [6.45, 7) is 9.65. The van der Waals surface area contributed by atoms with Gasteiger partial charge in [-0.15, -0.1) is 0 Å². The minimum atomic E-state index is 0.231. The van der Waals surface area contributed by atoms with Crippen molar-refractivity contribution < 1.29 is 0 Å². The Morgan fingerprint density at radius 2 is 1.22 bits per heavy atom. The molecule has 0 aromatic carbocycles. The molecule has 3 aliphatic heterocycles. The van der Waals surface area contributed by atoms with Crippen LogP contribution in [0, 0.1) is 0 Å². The molecule has 3 heterocycles. The molecule has 0 amide bonds. The highest BCUT2D eigenvalue weighted by atomic mass is 15.9. The molecule has 2 atom stereocenters. The maximum atomic E-state index is 2.73. The average Bonchev–Trinajstić information content (AvgIpc) is 2.47. The molecule has 0 spiro atoms. The van der Waals surface area contributed by atoms with Gasteiger partial charge in [-0.2, -0.15) is 5.12 Å². The van der Waals surface area contributed by atoms with E-state index in [9.17, 15) is 0 Å². The zero-order valence-electron chi connectivity index (χ0n) is 12.4. The summed E-state index contributed by atoms with van der Waals surface area (Å²) in [5.41, 5.74) is 0.231. The summed E-state index contributed by atoms with van der Waals surface area (Å²) in [7, 11) is 0. The highest BCUT2D eigenvalue weighted by Gasteiger charge is 2.50. The Kier molecular flexibility index (Phi) is 3.41. The Labute approximate surface area is 112 Å². The fourth-order valence-corrected chi connectivity index (χ4v) is 4.23. The standard InChI is InChI=1S/C15H29N3/c1-15(2,3)18-16-11-7-4-5-9-13(16)14-10-6-8-12-17(14)18/h13-14H,4-12H2,1-3H3. The van der Waals surface area contributed by atoms with Crippen LogP contribution in [0.2, 0.25) is 0 Å². The van der Waals surface area contributed by atoms with Crippen molar-refractivity contribution in [2.75, 3.05) is 13.1 Å². The monoisotopic (exact) mass is 251 g/mol. The number of hydrogen-bond donors (Lipinski definition) is 0. The van der Waals surface area contributed by atoms with E-state index in [0.29, 0.717) is 0 Å². The lowest BCUT2D eigenvalue weighted by Gasteiger charge is -2.45. The molecule has 0 radical (unpaired) electrons. The number of hydrazine groups is 2. The lowest BCUT2D eigenvalue weighted by molar-refractivity contribution is -0.196. The van der Waals surface area contributed by atoms with E-state index >= 15 is 0 Å². The van der Waals surface area contributed by atoms with Gasteiger partial charge in [-0.1, -0.05) is 19.3 Å². The Bertz CT molecular complexity index is 297. The molecule has 3 saturated heterocycles. The first-order valence-corrected chi connectivity index (χ1v) is 7.92. The minimum absolute atomic E-state index is 0.231. The lowest BCUT2D eigenvalue weighted by atomic mass is 9.95. The minimum Gasteiger partial charge on any atom is -0.223 e. The van der Waals surface area contributed by atoms with E-state index in [4.69, 9.17) is 0 Å².